The molecule has 1 fully saturated rings. The summed E-state index contributed by atoms with van der Waals surface area (Å²) in [6, 6.07) is 11.8. The Morgan fingerprint density at radius 1 is 1.05 bits per heavy atom. The van der Waals surface area contributed by atoms with Gasteiger partial charge >= 0.3 is 12.0 Å². The number of rotatable bonds is 13. The largest absolute Gasteiger partial charge is 0.443 e. The number of benzene rings is 2. The van der Waals surface area contributed by atoms with Crippen LogP contribution in [0.3, 0.4) is 0 Å². The highest BCUT2D eigenvalue weighted by Gasteiger charge is 2.40. The molecule has 4 amide bonds. The van der Waals surface area contributed by atoms with E-state index in [4.69, 9.17) is 45.1 Å². The zero-order chi connectivity index (χ0) is 29.9. The fourth-order valence-electron chi connectivity index (χ4n) is 3.48. The summed E-state index contributed by atoms with van der Waals surface area (Å²) in [7, 11) is 0. The Bertz CT molecular complexity index is 1260. The van der Waals surface area contributed by atoms with Crippen molar-refractivity contribution in [3.8, 4) is 0 Å². The number of ether oxygens (including phenoxy) is 1. The molecule has 16 heteroatoms. The first-order valence-electron chi connectivity index (χ1n) is 12.3. The number of hydrogen-bond acceptors (Lipinski definition) is 8. The predicted molar refractivity (Wildman–Crippen MR) is 156 cm³/mol. The van der Waals surface area contributed by atoms with Gasteiger partial charge in [0.05, 0.1) is 12.6 Å². The Morgan fingerprint density at radius 2 is 1.68 bits per heavy atom. The van der Waals surface area contributed by atoms with E-state index in [0.29, 0.717) is 35.0 Å². The van der Waals surface area contributed by atoms with Crippen molar-refractivity contribution >= 4 is 64.9 Å². The van der Waals surface area contributed by atoms with Crippen LogP contribution in [0.1, 0.15) is 28.8 Å². The van der Waals surface area contributed by atoms with Crippen molar-refractivity contribution in [1.29, 1.82) is 0 Å². The molecule has 0 saturated carbocycles. The quantitative estimate of drug-likeness (QED) is 0.0721. The smallest absolute Gasteiger partial charge is 0.335 e. The van der Waals surface area contributed by atoms with E-state index in [1.54, 1.807) is 48.5 Å². The Balaban J connectivity index is 1.58. The molecule has 1 aliphatic rings. The summed E-state index contributed by atoms with van der Waals surface area (Å²) in [6.45, 7) is -0.423. The number of guanidine groups is 1. The summed E-state index contributed by atoms with van der Waals surface area (Å²) in [5, 5.41) is 6.18. The molecular formula is C25H30Cl2N8O5S. The van der Waals surface area contributed by atoms with E-state index >= 15 is 0 Å². The van der Waals surface area contributed by atoms with E-state index in [-0.39, 0.29) is 12.5 Å². The van der Waals surface area contributed by atoms with Gasteiger partial charge in [-0.15, -0.1) is 0 Å². The molecule has 1 unspecified atom stereocenters. The number of hydrogen-bond donors (Lipinski definition) is 5. The molecule has 13 nitrogen and oxygen atoms in total. The SMILES string of the molecule is NC(N)=NCCC[C@H](N)C(=O)NCC(=O)OCN1C(=O)N(Cc2ccc(Cl)cc2)SC1NC(=O)c1ccc(Cl)cc1. The number of carbonyl (C=O) groups excluding carboxylic acids is 4. The van der Waals surface area contributed by atoms with Crippen molar-refractivity contribution in [1.82, 2.24) is 19.8 Å². The van der Waals surface area contributed by atoms with Crippen molar-refractivity contribution < 1.29 is 23.9 Å². The standard InChI is InChI=1S/C25H30Cl2N8O5S/c26-17-7-3-15(4-8-17)13-35-25(39)34(24(41-35)33-21(37)16-5-9-18(27)10-6-16)14-40-20(36)12-32-22(38)19(28)2-1-11-31-23(29)30/h3-10,19,24H,1-2,11-14,28H2,(H,32,38)(H,33,37)(H4,29,30,31)/t19-,24?/m0/s1. The van der Waals surface area contributed by atoms with Crippen molar-refractivity contribution in [2.75, 3.05) is 19.8 Å². The maximum absolute atomic E-state index is 13.2. The number of aliphatic imine (C=N–C) groups is 1. The maximum atomic E-state index is 13.2. The zero-order valence-corrected chi connectivity index (χ0v) is 24.1. The fourth-order valence-corrected chi connectivity index (χ4v) is 4.82. The lowest BCUT2D eigenvalue weighted by Crippen LogP contribution is -2.47. The number of amides is 4. The third-order valence-corrected chi connectivity index (χ3v) is 7.26. The first-order valence-corrected chi connectivity index (χ1v) is 13.9. The minimum absolute atomic E-state index is 0.0551. The van der Waals surface area contributed by atoms with E-state index in [1.165, 1.54) is 9.21 Å². The highest BCUT2D eigenvalue weighted by Crippen LogP contribution is 2.31. The molecule has 8 N–H and O–H groups in total. The monoisotopic (exact) mass is 624 g/mol. The van der Waals surface area contributed by atoms with E-state index < -0.39 is 48.6 Å². The number of urea groups is 1. The number of nitrogens with two attached hydrogens (primary N) is 3. The Kier molecular flexibility index (Phi) is 11.9. The third-order valence-electron chi connectivity index (χ3n) is 5.65. The van der Waals surface area contributed by atoms with Gasteiger partial charge in [-0.1, -0.05) is 35.3 Å². The lowest BCUT2D eigenvalue weighted by molar-refractivity contribution is -0.147. The second-order valence-corrected chi connectivity index (χ2v) is 10.7. The molecule has 1 saturated heterocycles. The molecule has 220 valence electrons. The zero-order valence-electron chi connectivity index (χ0n) is 21.8. The van der Waals surface area contributed by atoms with Gasteiger partial charge in [0.2, 0.25) is 5.91 Å². The van der Waals surface area contributed by atoms with Crippen LogP contribution >= 0.6 is 35.1 Å². The van der Waals surface area contributed by atoms with E-state index in [0.717, 1.165) is 17.5 Å². The van der Waals surface area contributed by atoms with Gasteiger partial charge in [-0.05, 0) is 54.8 Å². The van der Waals surface area contributed by atoms with Crippen LogP contribution in [0.2, 0.25) is 10.0 Å². The van der Waals surface area contributed by atoms with Crippen molar-refractivity contribution in [2.45, 2.75) is 30.9 Å². The molecule has 2 aromatic rings. The molecule has 0 bridgehead atoms. The Hall–Kier alpha value is -3.72. The predicted octanol–water partition coefficient (Wildman–Crippen LogP) is 1.59. The lowest BCUT2D eigenvalue weighted by Gasteiger charge is -2.22. The van der Waals surface area contributed by atoms with Crippen LogP contribution in [-0.4, -0.2) is 70.3 Å². The number of nitrogens with one attached hydrogen (secondary N) is 2. The van der Waals surface area contributed by atoms with Gasteiger partial charge in [-0.2, -0.15) is 0 Å². The molecule has 2 aromatic carbocycles. The van der Waals surface area contributed by atoms with Gasteiger partial charge < -0.3 is 32.6 Å². The average Bonchev–Trinajstić information content (AvgIpc) is 3.22. The van der Waals surface area contributed by atoms with Crippen LogP contribution in [0.25, 0.3) is 0 Å². The maximum Gasteiger partial charge on any atom is 0.335 e. The summed E-state index contributed by atoms with van der Waals surface area (Å²) in [6.07, 6.45) is 0.775. The summed E-state index contributed by atoms with van der Waals surface area (Å²) in [5.74, 6) is -1.87. The molecule has 1 heterocycles. The molecule has 0 spiro atoms. The summed E-state index contributed by atoms with van der Waals surface area (Å²) in [5.41, 5.74) is 16.6. The molecule has 1 aliphatic heterocycles. The van der Waals surface area contributed by atoms with E-state index in [9.17, 15) is 19.2 Å². The van der Waals surface area contributed by atoms with Gasteiger partial charge in [-0.25, -0.2) is 4.79 Å². The normalized spacial score (nSPS) is 15.3. The van der Waals surface area contributed by atoms with Gasteiger partial charge in [0.25, 0.3) is 5.91 Å². The van der Waals surface area contributed by atoms with Crippen LogP contribution in [0, 0.1) is 0 Å². The Morgan fingerprint density at radius 3 is 2.32 bits per heavy atom. The number of esters is 1. The second-order valence-electron chi connectivity index (χ2n) is 8.77. The molecule has 2 atom stereocenters. The van der Waals surface area contributed by atoms with Crippen molar-refractivity contribution in [3.63, 3.8) is 0 Å². The Labute approximate surface area is 250 Å². The number of nitrogens with zero attached hydrogens (tertiary/aromatic N) is 3. The molecule has 0 aromatic heterocycles. The van der Waals surface area contributed by atoms with Crippen molar-refractivity contribution in [2.24, 2.45) is 22.2 Å². The molecule has 3 rings (SSSR count). The highest BCUT2D eigenvalue weighted by molar-refractivity contribution is 7.98. The third kappa shape index (κ3) is 10.0. The van der Waals surface area contributed by atoms with E-state index in [1.807, 2.05) is 0 Å². The summed E-state index contributed by atoms with van der Waals surface area (Å²) >= 11 is 12.9. The second kappa shape index (κ2) is 15.3. The lowest BCUT2D eigenvalue weighted by atomic mass is 10.1. The van der Waals surface area contributed by atoms with Crippen LogP contribution in [0.5, 0.6) is 0 Å². The van der Waals surface area contributed by atoms with Gasteiger partial charge in [-0.3, -0.25) is 28.6 Å². The van der Waals surface area contributed by atoms with Gasteiger partial charge in [0, 0.05) is 34.1 Å². The summed E-state index contributed by atoms with van der Waals surface area (Å²) in [4.78, 5) is 55.6. The van der Waals surface area contributed by atoms with Crippen LogP contribution in [0.15, 0.2) is 53.5 Å². The molecule has 41 heavy (non-hydrogen) atoms. The number of halogens is 2. The van der Waals surface area contributed by atoms with E-state index in [2.05, 4.69) is 15.6 Å². The van der Waals surface area contributed by atoms with Crippen molar-refractivity contribution in [3.05, 3.63) is 69.7 Å². The molecule has 0 aliphatic carbocycles. The fraction of sp³-hybridized carbons (Fsp3) is 0.320. The first-order chi connectivity index (χ1) is 19.5. The minimum atomic E-state index is -0.890. The molecule has 0 radical (unpaired) electrons. The first kappa shape index (κ1) is 31.8. The minimum Gasteiger partial charge on any atom is -0.443 e. The van der Waals surface area contributed by atoms with Gasteiger partial charge in [0.15, 0.2) is 18.2 Å². The average molecular weight is 626 g/mol. The highest BCUT2D eigenvalue weighted by atomic mass is 35.5. The van der Waals surface area contributed by atoms with Gasteiger partial charge in [0.1, 0.15) is 6.54 Å². The summed E-state index contributed by atoms with van der Waals surface area (Å²) < 4.78 is 6.66. The number of carbonyl (C=O) groups is 4. The van der Waals surface area contributed by atoms with Crippen LogP contribution < -0.4 is 27.8 Å². The topological polar surface area (TPSA) is 198 Å². The molecular weight excluding hydrogens is 595 g/mol. The van der Waals surface area contributed by atoms with Crippen LogP contribution in [-0.2, 0) is 20.9 Å². The van der Waals surface area contributed by atoms with Crippen LogP contribution in [0.4, 0.5) is 4.79 Å².